The molecule has 1 aliphatic rings. The molecule has 1 fully saturated rings. The molecule has 1 aliphatic heterocycles. The first kappa shape index (κ1) is 16.4. The fourth-order valence-electron chi connectivity index (χ4n) is 2.59. The average Bonchev–Trinajstić information content (AvgIpc) is 2.45. The number of non-ortho nitro benzene ring substituents is 1. The summed E-state index contributed by atoms with van der Waals surface area (Å²) >= 11 is 0. The van der Waals surface area contributed by atoms with Crippen LogP contribution in [0.2, 0.25) is 0 Å². The number of aliphatic hydroxyl groups is 1. The Kier molecular flexibility index (Phi) is 4.77. The predicted octanol–water partition coefficient (Wildman–Crippen LogP) is 1.70. The second kappa shape index (κ2) is 6.41. The number of amides is 1. The molecule has 2 atom stereocenters. The summed E-state index contributed by atoms with van der Waals surface area (Å²) in [6.45, 7) is 4.44. The Bertz CT molecular complexity index is 573. The molecule has 22 heavy (non-hydrogen) atoms. The van der Waals surface area contributed by atoms with Crippen molar-refractivity contribution < 1.29 is 19.6 Å². The normalized spacial score (nSPS) is 21.9. The molecule has 0 radical (unpaired) electrons. The molecule has 7 heteroatoms. The van der Waals surface area contributed by atoms with Gasteiger partial charge in [-0.2, -0.15) is 0 Å². The van der Waals surface area contributed by atoms with Gasteiger partial charge in [-0.05, 0) is 32.3 Å². The Labute approximate surface area is 128 Å². The van der Waals surface area contributed by atoms with E-state index in [1.807, 2.05) is 13.8 Å². The first-order chi connectivity index (χ1) is 10.3. The van der Waals surface area contributed by atoms with Gasteiger partial charge in [0.25, 0.3) is 11.6 Å². The van der Waals surface area contributed by atoms with Crippen LogP contribution in [-0.2, 0) is 9.53 Å². The van der Waals surface area contributed by atoms with Crippen LogP contribution in [0, 0.1) is 10.1 Å². The van der Waals surface area contributed by atoms with Crippen molar-refractivity contribution in [2.75, 3.05) is 6.61 Å². The van der Waals surface area contributed by atoms with Crippen molar-refractivity contribution in [3.63, 3.8) is 0 Å². The zero-order valence-corrected chi connectivity index (χ0v) is 12.6. The number of carbonyl (C=O) groups is 1. The molecule has 120 valence electrons. The largest absolute Gasteiger partial charge is 0.378 e. The monoisotopic (exact) mass is 308 g/mol. The van der Waals surface area contributed by atoms with Crippen LogP contribution in [0.1, 0.15) is 38.4 Å². The number of rotatable bonds is 4. The van der Waals surface area contributed by atoms with Gasteiger partial charge in [0.05, 0.1) is 10.5 Å². The van der Waals surface area contributed by atoms with Crippen LogP contribution in [0.4, 0.5) is 5.69 Å². The first-order valence-electron chi connectivity index (χ1n) is 7.15. The highest BCUT2D eigenvalue weighted by atomic mass is 16.6. The van der Waals surface area contributed by atoms with Gasteiger partial charge in [-0.15, -0.1) is 0 Å². The SMILES string of the molecule is CC1(C)C[C@H](NC(=O)[C@@H](O)c2cccc([N+](=O)[O-])c2)CCO1. The number of hydrogen-bond donors (Lipinski definition) is 2. The Morgan fingerprint density at radius 1 is 1.55 bits per heavy atom. The summed E-state index contributed by atoms with van der Waals surface area (Å²) in [4.78, 5) is 22.3. The van der Waals surface area contributed by atoms with Gasteiger partial charge >= 0.3 is 0 Å². The van der Waals surface area contributed by atoms with Gasteiger partial charge in [-0.25, -0.2) is 0 Å². The molecule has 0 unspecified atom stereocenters. The van der Waals surface area contributed by atoms with Gasteiger partial charge in [0.15, 0.2) is 6.10 Å². The molecule has 2 rings (SSSR count). The van der Waals surface area contributed by atoms with Gasteiger partial charge < -0.3 is 15.2 Å². The first-order valence-corrected chi connectivity index (χ1v) is 7.15. The van der Waals surface area contributed by atoms with Gasteiger partial charge in [-0.1, -0.05) is 12.1 Å². The standard InChI is InChI=1S/C15H20N2O5/c1-15(2)9-11(6-7-22-15)16-14(19)13(18)10-4-3-5-12(8-10)17(20)21/h3-5,8,11,13,18H,6-7,9H2,1-2H3,(H,16,19)/t11-,13+/m1/s1. The third-order valence-electron chi connectivity index (χ3n) is 3.69. The fourth-order valence-corrected chi connectivity index (χ4v) is 2.59. The van der Waals surface area contributed by atoms with Gasteiger partial charge in [-0.3, -0.25) is 14.9 Å². The molecule has 2 N–H and O–H groups in total. The van der Waals surface area contributed by atoms with Crippen molar-refractivity contribution in [1.82, 2.24) is 5.32 Å². The number of nitro benzene ring substituents is 1. The van der Waals surface area contributed by atoms with Gasteiger partial charge in [0.1, 0.15) is 0 Å². The molecule has 1 aromatic rings. The number of nitrogens with zero attached hydrogens (tertiary/aromatic N) is 1. The highest BCUT2D eigenvalue weighted by Gasteiger charge is 2.31. The molecule has 1 saturated heterocycles. The maximum Gasteiger partial charge on any atom is 0.269 e. The van der Waals surface area contributed by atoms with Crippen LogP contribution in [0.5, 0.6) is 0 Å². The summed E-state index contributed by atoms with van der Waals surface area (Å²) in [6, 6.07) is 5.38. The van der Waals surface area contributed by atoms with Gasteiger partial charge in [0, 0.05) is 24.8 Å². The molecular formula is C15H20N2O5. The second-order valence-electron chi connectivity index (χ2n) is 6.06. The smallest absolute Gasteiger partial charge is 0.269 e. The average molecular weight is 308 g/mol. The zero-order valence-electron chi connectivity index (χ0n) is 12.6. The maximum absolute atomic E-state index is 12.1. The molecule has 1 aromatic carbocycles. The van der Waals surface area contributed by atoms with Crippen molar-refractivity contribution in [3.8, 4) is 0 Å². The van der Waals surface area contributed by atoms with E-state index in [1.54, 1.807) is 0 Å². The Morgan fingerprint density at radius 2 is 2.27 bits per heavy atom. The summed E-state index contributed by atoms with van der Waals surface area (Å²) in [5.74, 6) is -0.553. The molecule has 0 spiro atoms. The lowest BCUT2D eigenvalue weighted by atomic mass is 9.93. The summed E-state index contributed by atoms with van der Waals surface area (Å²) < 4.78 is 5.58. The van der Waals surface area contributed by atoms with E-state index < -0.39 is 16.9 Å². The number of aliphatic hydroxyl groups excluding tert-OH is 1. The third-order valence-corrected chi connectivity index (χ3v) is 3.69. The minimum atomic E-state index is -1.43. The molecule has 0 aliphatic carbocycles. The van der Waals surface area contributed by atoms with E-state index in [2.05, 4.69) is 5.32 Å². The minimum Gasteiger partial charge on any atom is -0.378 e. The third kappa shape index (κ3) is 4.02. The molecule has 0 aromatic heterocycles. The van der Waals surface area contributed by atoms with E-state index in [-0.39, 0.29) is 22.9 Å². The summed E-state index contributed by atoms with van der Waals surface area (Å²) in [5.41, 5.74) is -0.262. The van der Waals surface area contributed by atoms with Crippen molar-refractivity contribution in [1.29, 1.82) is 0 Å². The number of hydrogen-bond acceptors (Lipinski definition) is 5. The fraction of sp³-hybridized carbons (Fsp3) is 0.533. The Morgan fingerprint density at radius 3 is 2.91 bits per heavy atom. The van der Waals surface area contributed by atoms with Crippen LogP contribution in [0.25, 0.3) is 0 Å². The quantitative estimate of drug-likeness (QED) is 0.651. The van der Waals surface area contributed by atoms with Crippen LogP contribution >= 0.6 is 0 Å². The maximum atomic E-state index is 12.1. The molecule has 1 amide bonds. The summed E-state index contributed by atoms with van der Waals surface area (Å²) in [5, 5.41) is 23.6. The zero-order chi connectivity index (χ0) is 16.3. The molecule has 0 saturated carbocycles. The Hall–Kier alpha value is -1.99. The lowest BCUT2D eigenvalue weighted by molar-refractivity contribution is -0.385. The molecule has 7 nitrogen and oxygen atoms in total. The van der Waals surface area contributed by atoms with Gasteiger partial charge in [0.2, 0.25) is 0 Å². The Balaban J connectivity index is 2.03. The highest BCUT2D eigenvalue weighted by Crippen LogP contribution is 2.25. The minimum absolute atomic E-state index is 0.0791. The number of carbonyl (C=O) groups excluding carboxylic acids is 1. The highest BCUT2D eigenvalue weighted by molar-refractivity contribution is 5.82. The van der Waals surface area contributed by atoms with E-state index >= 15 is 0 Å². The van der Waals surface area contributed by atoms with E-state index in [9.17, 15) is 20.0 Å². The summed E-state index contributed by atoms with van der Waals surface area (Å²) in [6.07, 6.45) is -0.0946. The van der Waals surface area contributed by atoms with Crippen molar-refractivity contribution in [3.05, 3.63) is 39.9 Å². The number of nitro groups is 1. The lowest BCUT2D eigenvalue weighted by Crippen LogP contribution is -2.47. The van der Waals surface area contributed by atoms with Crippen LogP contribution in [-0.4, -0.2) is 34.2 Å². The van der Waals surface area contributed by atoms with E-state index in [4.69, 9.17) is 4.74 Å². The van der Waals surface area contributed by atoms with Crippen LogP contribution in [0.3, 0.4) is 0 Å². The lowest BCUT2D eigenvalue weighted by Gasteiger charge is -2.36. The van der Waals surface area contributed by atoms with E-state index in [0.717, 1.165) is 0 Å². The number of benzene rings is 1. The number of ether oxygens (including phenoxy) is 1. The van der Waals surface area contributed by atoms with E-state index in [0.29, 0.717) is 19.4 Å². The van der Waals surface area contributed by atoms with Crippen molar-refractivity contribution >= 4 is 11.6 Å². The van der Waals surface area contributed by atoms with Crippen LogP contribution in [0.15, 0.2) is 24.3 Å². The topological polar surface area (TPSA) is 102 Å². The summed E-state index contributed by atoms with van der Waals surface area (Å²) in [7, 11) is 0. The molecule has 0 bridgehead atoms. The second-order valence-corrected chi connectivity index (χ2v) is 6.06. The van der Waals surface area contributed by atoms with Crippen LogP contribution < -0.4 is 5.32 Å². The van der Waals surface area contributed by atoms with Crippen molar-refractivity contribution in [2.45, 2.75) is 44.4 Å². The molecule has 1 heterocycles. The van der Waals surface area contributed by atoms with Crippen molar-refractivity contribution in [2.24, 2.45) is 0 Å². The number of nitrogens with one attached hydrogen (secondary N) is 1. The van der Waals surface area contributed by atoms with E-state index in [1.165, 1.54) is 24.3 Å². The predicted molar refractivity (Wildman–Crippen MR) is 79.3 cm³/mol. The molecular weight excluding hydrogens is 288 g/mol.